The smallest absolute Gasteiger partial charge is 0.306 e. The van der Waals surface area contributed by atoms with E-state index in [1.165, 1.54) is 148 Å². The van der Waals surface area contributed by atoms with Crippen LogP contribution in [0.1, 0.15) is 226 Å². The van der Waals surface area contributed by atoms with Gasteiger partial charge in [0.2, 0.25) is 0 Å². The highest BCUT2D eigenvalue weighted by molar-refractivity contribution is 5.70. The first-order chi connectivity index (χ1) is 28.3. The normalized spacial score (nSPS) is 20.1. The molecule has 0 amide bonds. The van der Waals surface area contributed by atoms with Crippen molar-refractivity contribution in [1.29, 1.82) is 0 Å². The molecule has 0 aliphatic carbocycles. The molecule has 0 aromatic heterocycles. The summed E-state index contributed by atoms with van der Waals surface area (Å²) in [5.74, 6) is -0.819. The van der Waals surface area contributed by atoms with Gasteiger partial charge >= 0.3 is 11.9 Å². The third-order valence-corrected chi connectivity index (χ3v) is 11.4. The summed E-state index contributed by atoms with van der Waals surface area (Å²) in [6.45, 7) is 3.44. The van der Waals surface area contributed by atoms with Gasteiger partial charge in [0.05, 0.1) is 13.2 Å². The number of aliphatic hydroxyl groups excluding tert-OH is 4. The van der Waals surface area contributed by atoms with Crippen molar-refractivity contribution in [2.45, 2.75) is 263 Å². The van der Waals surface area contributed by atoms with E-state index >= 15 is 0 Å². The molecule has 10 heteroatoms. The highest BCUT2D eigenvalue weighted by Crippen LogP contribution is 2.23. The van der Waals surface area contributed by atoms with E-state index in [0.29, 0.717) is 12.8 Å². The Labute approximate surface area is 354 Å². The standard InChI is InChI=1S/C48H90O10/c1-3-5-7-9-11-13-15-17-19-20-21-23-25-27-29-31-33-35-37-44(51)57-41(40-56-48-47(54)46(53)45(52)42(38-49)58-48)39-55-43(50)36-34-32-30-28-26-24-22-18-16-14-12-10-8-6-4-2/h26,28,41-42,45-49,52-54H,3-25,27,29-40H2,1-2H3/b28-26+/t41-,42-,45+,46?,47?,48-/m1/s1. The molecule has 1 aliphatic heterocycles. The lowest BCUT2D eigenvalue weighted by Crippen LogP contribution is -2.59. The van der Waals surface area contributed by atoms with Crippen molar-refractivity contribution >= 4 is 11.9 Å². The molecule has 0 radical (unpaired) electrons. The van der Waals surface area contributed by atoms with Gasteiger partial charge in [-0.15, -0.1) is 0 Å². The number of ether oxygens (including phenoxy) is 4. The van der Waals surface area contributed by atoms with Crippen LogP contribution in [0.4, 0.5) is 0 Å². The van der Waals surface area contributed by atoms with Crippen molar-refractivity contribution in [2.75, 3.05) is 19.8 Å². The molecule has 2 unspecified atom stereocenters. The van der Waals surface area contributed by atoms with Crippen molar-refractivity contribution in [3.8, 4) is 0 Å². The number of hydrogen-bond donors (Lipinski definition) is 4. The molecular formula is C48H90O10. The monoisotopic (exact) mass is 827 g/mol. The number of aliphatic hydroxyl groups is 4. The number of allylic oxidation sites excluding steroid dienone is 2. The van der Waals surface area contributed by atoms with Crippen LogP contribution in [-0.4, -0.2) is 89.0 Å². The third-order valence-electron chi connectivity index (χ3n) is 11.4. The van der Waals surface area contributed by atoms with Crippen LogP contribution in [0.15, 0.2) is 12.2 Å². The molecule has 0 saturated carbocycles. The molecule has 0 aromatic carbocycles. The van der Waals surface area contributed by atoms with Gasteiger partial charge in [-0.05, 0) is 38.5 Å². The van der Waals surface area contributed by atoms with E-state index < -0.39 is 55.4 Å². The van der Waals surface area contributed by atoms with Crippen LogP contribution in [-0.2, 0) is 28.5 Å². The average molecular weight is 827 g/mol. The zero-order valence-electron chi connectivity index (χ0n) is 37.3. The maximum absolute atomic E-state index is 12.8. The summed E-state index contributed by atoms with van der Waals surface area (Å²) in [6.07, 6.45) is 35.1. The molecule has 10 nitrogen and oxygen atoms in total. The maximum Gasteiger partial charge on any atom is 0.306 e. The first kappa shape index (κ1) is 54.5. The zero-order chi connectivity index (χ0) is 42.3. The lowest BCUT2D eigenvalue weighted by atomic mass is 9.99. The molecule has 0 aromatic rings. The highest BCUT2D eigenvalue weighted by Gasteiger charge is 2.44. The molecule has 342 valence electrons. The number of esters is 2. The summed E-state index contributed by atoms with van der Waals surface area (Å²) >= 11 is 0. The van der Waals surface area contributed by atoms with Crippen LogP contribution < -0.4 is 0 Å². The van der Waals surface area contributed by atoms with E-state index in [0.717, 1.165) is 38.5 Å². The summed E-state index contributed by atoms with van der Waals surface area (Å²) in [5, 5.41) is 40.1. The van der Waals surface area contributed by atoms with Crippen molar-refractivity contribution in [1.82, 2.24) is 0 Å². The van der Waals surface area contributed by atoms with E-state index in [2.05, 4.69) is 26.0 Å². The fraction of sp³-hybridized carbons (Fsp3) is 0.917. The Bertz CT molecular complexity index is 959. The van der Waals surface area contributed by atoms with Crippen molar-refractivity contribution < 1.29 is 49.0 Å². The first-order valence-electron chi connectivity index (χ1n) is 24.3. The minimum atomic E-state index is -1.59. The Hall–Kier alpha value is -1.56. The van der Waals surface area contributed by atoms with Crippen molar-refractivity contribution in [3.63, 3.8) is 0 Å². The van der Waals surface area contributed by atoms with Gasteiger partial charge in [-0.2, -0.15) is 0 Å². The number of hydrogen-bond acceptors (Lipinski definition) is 10. The summed E-state index contributed by atoms with van der Waals surface area (Å²) < 4.78 is 22.2. The minimum absolute atomic E-state index is 0.222. The van der Waals surface area contributed by atoms with Crippen LogP contribution >= 0.6 is 0 Å². The second-order valence-corrected chi connectivity index (χ2v) is 16.9. The van der Waals surface area contributed by atoms with Gasteiger partial charge in [0, 0.05) is 12.8 Å². The fourth-order valence-electron chi connectivity index (χ4n) is 7.54. The predicted octanol–water partition coefficient (Wildman–Crippen LogP) is 10.7. The molecule has 1 rings (SSSR count). The lowest BCUT2D eigenvalue weighted by Gasteiger charge is -2.39. The van der Waals surface area contributed by atoms with Gasteiger partial charge in [-0.3, -0.25) is 9.59 Å². The van der Waals surface area contributed by atoms with Crippen LogP contribution in [0.3, 0.4) is 0 Å². The van der Waals surface area contributed by atoms with E-state index in [9.17, 15) is 30.0 Å². The zero-order valence-corrected chi connectivity index (χ0v) is 37.3. The Balaban J connectivity index is 2.29. The molecule has 58 heavy (non-hydrogen) atoms. The quantitative estimate of drug-likeness (QED) is 0.0266. The van der Waals surface area contributed by atoms with Crippen LogP contribution in [0.2, 0.25) is 0 Å². The van der Waals surface area contributed by atoms with Crippen molar-refractivity contribution in [2.24, 2.45) is 0 Å². The second kappa shape index (κ2) is 39.6. The van der Waals surface area contributed by atoms with Gasteiger partial charge in [0.25, 0.3) is 0 Å². The largest absolute Gasteiger partial charge is 0.462 e. The predicted molar refractivity (Wildman–Crippen MR) is 233 cm³/mol. The molecule has 1 saturated heterocycles. The Morgan fingerprint density at radius 1 is 0.517 bits per heavy atom. The second-order valence-electron chi connectivity index (χ2n) is 16.9. The molecule has 1 heterocycles. The first-order valence-corrected chi connectivity index (χ1v) is 24.3. The Kier molecular flexibility index (Phi) is 37.2. The van der Waals surface area contributed by atoms with Gasteiger partial charge < -0.3 is 39.4 Å². The van der Waals surface area contributed by atoms with E-state index in [1.807, 2.05) is 0 Å². The van der Waals surface area contributed by atoms with E-state index in [4.69, 9.17) is 18.9 Å². The maximum atomic E-state index is 12.8. The summed E-state index contributed by atoms with van der Waals surface area (Å²) in [6, 6.07) is 0. The van der Waals surface area contributed by atoms with Crippen LogP contribution in [0, 0.1) is 0 Å². The molecule has 4 N–H and O–H groups in total. The van der Waals surface area contributed by atoms with E-state index in [1.54, 1.807) is 0 Å². The van der Waals surface area contributed by atoms with Gasteiger partial charge in [-0.1, -0.05) is 187 Å². The van der Waals surface area contributed by atoms with Gasteiger partial charge in [-0.25, -0.2) is 0 Å². The minimum Gasteiger partial charge on any atom is -0.462 e. The van der Waals surface area contributed by atoms with Crippen LogP contribution in [0.5, 0.6) is 0 Å². The molecular weight excluding hydrogens is 737 g/mol. The Morgan fingerprint density at radius 3 is 1.38 bits per heavy atom. The van der Waals surface area contributed by atoms with Crippen LogP contribution in [0.25, 0.3) is 0 Å². The number of unbranched alkanes of at least 4 members (excludes halogenated alkanes) is 28. The number of carbonyl (C=O) groups is 2. The fourth-order valence-corrected chi connectivity index (χ4v) is 7.54. The third kappa shape index (κ3) is 30.5. The molecule has 1 fully saturated rings. The van der Waals surface area contributed by atoms with E-state index in [-0.39, 0.29) is 26.1 Å². The SMILES string of the molecule is CCCCCCCCCCC/C=C/CCCCC(=O)OC[C@H](CO[C@@H]1O[C@H](CO)[C@H](O)C(O)C1O)OC(=O)CCCCCCCCCCCCCCCCCCCC. The lowest BCUT2D eigenvalue weighted by molar-refractivity contribution is -0.305. The molecule has 0 bridgehead atoms. The van der Waals surface area contributed by atoms with Crippen molar-refractivity contribution in [3.05, 3.63) is 12.2 Å². The number of carbonyl (C=O) groups excluding carboxylic acids is 2. The Morgan fingerprint density at radius 2 is 0.914 bits per heavy atom. The molecule has 1 aliphatic rings. The topological polar surface area (TPSA) is 152 Å². The highest BCUT2D eigenvalue weighted by atomic mass is 16.7. The molecule has 0 spiro atoms. The van der Waals surface area contributed by atoms with Gasteiger partial charge in [0.15, 0.2) is 12.4 Å². The summed E-state index contributed by atoms with van der Waals surface area (Å²) in [4.78, 5) is 25.4. The number of rotatable bonds is 41. The van der Waals surface area contributed by atoms with Gasteiger partial charge in [0.1, 0.15) is 31.0 Å². The molecule has 6 atom stereocenters. The average Bonchev–Trinajstić information content (AvgIpc) is 3.22. The summed E-state index contributed by atoms with van der Waals surface area (Å²) in [5.41, 5.74) is 0. The summed E-state index contributed by atoms with van der Waals surface area (Å²) in [7, 11) is 0.